The average Bonchev–Trinajstić information content (AvgIpc) is 2.50. The first kappa shape index (κ1) is 17.5. The Morgan fingerprint density at radius 2 is 1.96 bits per heavy atom. The van der Waals surface area contributed by atoms with Crippen LogP contribution in [0.5, 0.6) is 5.75 Å². The quantitative estimate of drug-likeness (QED) is 0.702. The second kappa shape index (κ2) is 7.62. The third-order valence-corrected chi connectivity index (χ3v) is 3.63. The molecular weight excluding hydrogens is 347 g/mol. The number of benzene rings is 1. The highest BCUT2D eigenvalue weighted by Crippen LogP contribution is 2.31. The van der Waals surface area contributed by atoms with Crippen molar-refractivity contribution in [3.63, 3.8) is 0 Å². The number of hydrogen-bond donors (Lipinski definition) is 0. The number of pyridine rings is 1. The zero-order valence-electron chi connectivity index (χ0n) is 11.9. The molecule has 0 aliphatic rings. The van der Waals surface area contributed by atoms with Gasteiger partial charge < -0.3 is 9.30 Å². The maximum absolute atomic E-state index is 12.8. The van der Waals surface area contributed by atoms with Gasteiger partial charge >= 0.3 is 0 Å². The van der Waals surface area contributed by atoms with Crippen LogP contribution in [0.15, 0.2) is 47.8 Å². The van der Waals surface area contributed by atoms with Crippen molar-refractivity contribution < 1.29 is 13.5 Å². The summed E-state index contributed by atoms with van der Waals surface area (Å²) in [5.74, 6) is 0.510. The number of ether oxygens (including phenoxy) is 1. The molecule has 122 valence electrons. The normalized spacial score (nSPS) is 10.8. The second-order valence-corrected chi connectivity index (χ2v) is 5.43. The lowest BCUT2D eigenvalue weighted by Gasteiger charge is -2.15. The number of nitrogens with zero attached hydrogens (tertiary/aromatic N) is 1. The molecule has 23 heavy (non-hydrogen) atoms. The second-order valence-electron chi connectivity index (χ2n) is 4.61. The summed E-state index contributed by atoms with van der Waals surface area (Å²) in [4.78, 5) is 12.0. The molecule has 0 fully saturated rings. The van der Waals surface area contributed by atoms with E-state index in [0.29, 0.717) is 17.9 Å². The highest BCUT2D eigenvalue weighted by molar-refractivity contribution is 6.33. The summed E-state index contributed by atoms with van der Waals surface area (Å²) in [5, 5.41) is 0.146. The molecule has 0 aliphatic carbocycles. The van der Waals surface area contributed by atoms with Gasteiger partial charge in [-0.2, -0.15) is 0 Å². The van der Waals surface area contributed by atoms with E-state index in [0.717, 1.165) is 4.57 Å². The van der Waals surface area contributed by atoms with E-state index in [2.05, 4.69) is 6.58 Å². The van der Waals surface area contributed by atoms with E-state index in [1.807, 2.05) is 0 Å². The van der Waals surface area contributed by atoms with Gasteiger partial charge in [-0.3, -0.25) is 4.79 Å². The fraction of sp³-hybridized carbons (Fsp3) is 0.188. The van der Waals surface area contributed by atoms with E-state index >= 15 is 0 Å². The van der Waals surface area contributed by atoms with Crippen molar-refractivity contribution in [2.75, 3.05) is 6.61 Å². The Hall–Kier alpha value is -1.85. The molecule has 0 saturated carbocycles. The van der Waals surface area contributed by atoms with Gasteiger partial charge in [0.2, 0.25) is 0 Å². The number of halogens is 4. The summed E-state index contributed by atoms with van der Waals surface area (Å²) >= 11 is 11.9. The molecule has 0 aliphatic heterocycles. The predicted molar refractivity (Wildman–Crippen MR) is 87.9 cm³/mol. The SMILES string of the molecule is C=CCOc1ccc(-c2ccc(Cl)c(=O)n2CC(F)F)c(Cl)c1. The van der Waals surface area contributed by atoms with Gasteiger partial charge in [-0.05, 0) is 30.3 Å². The largest absolute Gasteiger partial charge is 0.490 e. The third-order valence-electron chi connectivity index (χ3n) is 3.03. The van der Waals surface area contributed by atoms with Crippen molar-refractivity contribution in [3.05, 3.63) is 63.4 Å². The summed E-state index contributed by atoms with van der Waals surface area (Å²) in [5.41, 5.74) is 0.0134. The third kappa shape index (κ3) is 4.12. The molecular formula is C16H13Cl2F2NO2. The van der Waals surface area contributed by atoms with Crippen molar-refractivity contribution in [1.29, 1.82) is 0 Å². The monoisotopic (exact) mass is 359 g/mol. The molecule has 0 saturated heterocycles. The van der Waals surface area contributed by atoms with E-state index in [1.165, 1.54) is 12.1 Å². The molecule has 0 spiro atoms. The van der Waals surface area contributed by atoms with Crippen molar-refractivity contribution in [1.82, 2.24) is 4.57 Å². The van der Waals surface area contributed by atoms with Gasteiger partial charge in [0.1, 0.15) is 17.4 Å². The zero-order valence-corrected chi connectivity index (χ0v) is 13.5. The Balaban J connectivity index is 2.51. The number of hydrogen-bond acceptors (Lipinski definition) is 2. The minimum Gasteiger partial charge on any atom is -0.490 e. The topological polar surface area (TPSA) is 31.2 Å². The standard InChI is InChI=1S/C16H13Cl2F2NO2/c1-2-7-23-10-3-4-11(13(18)8-10)14-6-5-12(17)16(22)21(14)9-15(19)20/h2-6,8,15H,1,7,9H2. The first-order valence-electron chi connectivity index (χ1n) is 6.65. The summed E-state index contributed by atoms with van der Waals surface area (Å²) in [7, 11) is 0. The van der Waals surface area contributed by atoms with E-state index < -0.39 is 18.5 Å². The molecule has 2 aromatic rings. The minimum atomic E-state index is -2.70. The van der Waals surface area contributed by atoms with Gasteiger partial charge in [-0.1, -0.05) is 35.9 Å². The van der Waals surface area contributed by atoms with Crippen molar-refractivity contribution >= 4 is 23.2 Å². The van der Waals surface area contributed by atoms with Crippen LogP contribution in [0, 0.1) is 0 Å². The fourth-order valence-electron chi connectivity index (χ4n) is 2.05. The van der Waals surface area contributed by atoms with E-state index in [1.54, 1.807) is 24.3 Å². The van der Waals surface area contributed by atoms with Crippen LogP contribution in [0.3, 0.4) is 0 Å². The molecule has 1 aromatic carbocycles. The maximum Gasteiger partial charge on any atom is 0.269 e. The predicted octanol–water partition coefficient (Wildman–Crippen LogP) is 4.65. The van der Waals surface area contributed by atoms with Crippen LogP contribution in [0.25, 0.3) is 11.3 Å². The van der Waals surface area contributed by atoms with Crippen molar-refractivity contribution in [2.24, 2.45) is 0 Å². The Kier molecular flexibility index (Phi) is 5.80. The maximum atomic E-state index is 12.8. The lowest BCUT2D eigenvalue weighted by molar-refractivity contribution is 0.126. The highest BCUT2D eigenvalue weighted by Gasteiger charge is 2.16. The number of alkyl halides is 2. The molecule has 0 radical (unpaired) electrons. The van der Waals surface area contributed by atoms with Crippen LogP contribution in [-0.4, -0.2) is 17.6 Å². The smallest absolute Gasteiger partial charge is 0.269 e. The van der Waals surface area contributed by atoms with Gasteiger partial charge in [0.05, 0.1) is 17.3 Å². The van der Waals surface area contributed by atoms with E-state index in [4.69, 9.17) is 27.9 Å². The van der Waals surface area contributed by atoms with Crippen LogP contribution in [0.2, 0.25) is 10.0 Å². The number of rotatable bonds is 6. The van der Waals surface area contributed by atoms with Crippen molar-refractivity contribution in [3.8, 4) is 17.0 Å². The van der Waals surface area contributed by atoms with Gasteiger partial charge in [-0.15, -0.1) is 0 Å². The molecule has 0 atom stereocenters. The Morgan fingerprint density at radius 3 is 2.57 bits per heavy atom. The minimum absolute atomic E-state index is 0.128. The molecule has 0 unspecified atom stereocenters. The van der Waals surface area contributed by atoms with E-state index in [9.17, 15) is 13.6 Å². The Labute approximate surface area is 141 Å². The average molecular weight is 360 g/mol. The molecule has 0 N–H and O–H groups in total. The van der Waals surface area contributed by atoms with Gasteiger partial charge in [0.15, 0.2) is 0 Å². The summed E-state index contributed by atoms with van der Waals surface area (Å²) in [6.45, 7) is 3.09. The van der Waals surface area contributed by atoms with Crippen LogP contribution in [0.4, 0.5) is 8.78 Å². The first-order valence-corrected chi connectivity index (χ1v) is 7.40. The van der Waals surface area contributed by atoms with Gasteiger partial charge in [0.25, 0.3) is 12.0 Å². The Bertz CT molecular complexity index is 775. The Morgan fingerprint density at radius 1 is 1.22 bits per heavy atom. The lowest BCUT2D eigenvalue weighted by Crippen LogP contribution is -2.25. The van der Waals surface area contributed by atoms with Crippen LogP contribution in [0.1, 0.15) is 0 Å². The van der Waals surface area contributed by atoms with E-state index in [-0.39, 0.29) is 15.7 Å². The molecule has 1 heterocycles. The molecule has 1 aromatic heterocycles. The molecule has 3 nitrogen and oxygen atoms in total. The van der Waals surface area contributed by atoms with Crippen LogP contribution >= 0.6 is 23.2 Å². The lowest BCUT2D eigenvalue weighted by atomic mass is 10.1. The summed E-state index contributed by atoms with van der Waals surface area (Å²) in [6.07, 6.45) is -1.11. The van der Waals surface area contributed by atoms with Crippen LogP contribution < -0.4 is 10.3 Å². The van der Waals surface area contributed by atoms with Gasteiger partial charge in [-0.25, -0.2) is 8.78 Å². The first-order chi connectivity index (χ1) is 10.9. The van der Waals surface area contributed by atoms with Gasteiger partial charge in [0, 0.05) is 5.56 Å². The summed E-state index contributed by atoms with van der Waals surface area (Å²) in [6, 6.07) is 7.63. The highest BCUT2D eigenvalue weighted by atomic mass is 35.5. The number of aromatic nitrogens is 1. The zero-order chi connectivity index (χ0) is 17.0. The summed E-state index contributed by atoms with van der Waals surface area (Å²) < 4.78 is 31.8. The molecule has 7 heteroatoms. The van der Waals surface area contributed by atoms with Crippen LogP contribution in [-0.2, 0) is 6.54 Å². The molecule has 0 bridgehead atoms. The van der Waals surface area contributed by atoms with Crippen molar-refractivity contribution in [2.45, 2.75) is 13.0 Å². The molecule has 0 amide bonds. The molecule has 2 rings (SSSR count). The fourth-order valence-corrected chi connectivity index (χ4v) is 2.49.